The van der Waals surface area contributed by atoms with Crippen molar-refractivity contribution in [3.8, 4) is 0 Å². The van der Waals surface area contributed by atoms with Crippen LogP contribution in [-0.4, -0.2) is 25.2 Å². The predicted molar refractivity (Wildman–Crippen MR) is 49.3 cm³/mol. The second kappa shape index (κ2) is 4.09. The first-order valence-corrected chi connectivity index (χ1v) is 5.22. The molecule has 2 fully saturated rings. The third kappa shape index (κ3) is 2.02. The summed E-state index contributed by atoms with van der Waals surface area (Å²) in [5, 5.41) is 2.69. The number of hydrogen-bond acceptors (Lipinski definition) is 2. The Balaban J connectivity index is 1.80. The average Bonchev–Trinajstić information content (AvgIpc) is 2.57. The molecule has 1 N–H and O–H groups in total. The van der Waals surface area contributed by atoms with E-state index in [1.807, 2.05) is 0 Å². The van der Waals surface area contributed by atoms with Crippen LogP contribution < -0.4 is 5.32 Å². The Hall–Kier alpha value is -0.570. The van der Waals surface area contributed by atoms with Crippen molar-refractivity contribution in [3.05, 3.63) is 0 Å². The van der Waals surface area contributed by atoms with Crippen LogP contribution in [0.15, 0.2) is 0 Å². The molecular formula is C10H17NO2. The summed E-state index contributed by atoms with van der Waals surface area (Å²) in [6, 6.07) is 0. The van der Waals surface area contributed by atoms with Crippen LogP contribution in [0.3, 0.4) is 0 Å². The maximum absolute atomic E-state index is 10.1. The second-order valence-electron chi connectivity index (χ2n) is 4.10. The Morgan fingerprint density at radius 2 is 2.23 bits per heavy atom. The molecule has 1 saturated carbocycles. The van der Waals surface area contributed by atoms with E-state index in [2.05, 4.69) is 5.32 Å². The van der Waals surface area contributed by atoms with Gasteiger partial charge in [0.05, 0.1) is 12.2 Å². The Labute approximate surface area is 78.8 Å². The zero-order valence-corrected chi connectivity index (χ0v) is 7.87. The largest absolute Gasteiger partial charge is 0.373 e. The van der Waals surface area contributed by atoms with Gasteiger partial charge in [0.15, 0.2) is 0 Å². The Kier molecular flexibility index (Phi) is 2.83. The lowest BCUT2D eigenvalue weighted by atomic mass is 9.85. The molecule has 1 aliphatic carbocycles. The smallest absolute Gasteiger partial charge is 0.207 e. The minimum absolute atomic E-state index is 0.276. The molecular weight excluding hydrogens is 166 g/mol. The molecule has 0 aromatic carbocycles. The number of amides is 1. The van der Waals surface area contributed by atoms with E-state index < -0.39 is 0 Å². The highest BCUT2D eigenvalue weighted by Gasteiger charge is 2.36. The van der Waals surface area contributed by atoms with Crippen LogP contribution in [-0.2, 0) is 9.53 Å². The zero-order chi connectivity index (χ0) is 9.10. The van der Waals surface area contributed by atoms with Gasteiger partial charge in [-0.2, -0.15) is 0 Å². The molecule has 2 aliphatic rings. The normalized spacial score (nSPS) is 38.3. The minimum Gasteiger partial charge on any atom is -0.373 e. The molecule has 0 aromatic rings. The fourth-order valence-corrected chi connectivity index (χ4v) is 2.57. The molecule has 1 aliphatic heterocycles. The summed E-state index contributed by atoms with van der Waals surface area (Å²) >= 11 is 0. The highest BCUT2D eigenvalue weighted by Crippen LogP contribution is 2.36. The van der Waals surface area contributed by atoms with E-state index in [4.69, 9.17) is 4.74 Å². The maximum Gasteiger partial charge on any atom is 0.207 e. The summed E-state index contributed by atoms with van der Waals surface area (Å²) in [5.74, 6) is 0.771. The van der Waals surface area contributed by atoms with E-state index in [0.29, 0.717) is 12.6 Å². The molecule has 74 valence electrons. The van der Waals surface area contributed by atoms with Crippen LogP contribution >= 0.6 is 0 Å². The number of nitrogens with one attached hydrogen (secondary N) is 1. The van der Waals surface area contributed by atoms with Crippen molar-refractivity contribution in [2.45, 2.75) is 44.3 Å². The van der Waals surface area contributed by atoms with Gasteiger partial charge in [-0.25, -0.2) is 0 Å². The summed E-state index contributed by atoms with van der Waals surface area (Å²) in [6.45, 7) is 0.691. The first kappa shape index (κ1) is 9.00. The monoisotopic (exact) mass is 183 g/mol. The molecule has 0 bridgehead atoms. The molecule has 2 rings (SSSR count). The zero-order valence-electron chi connectivity index (χ0n) is 7.87. The molecule has 3 heteroatoms. The molecule has 1 saturated heterocycles. The van der Waals surface area contributed by atoms with E-state index in [1.54, 1.807) is 0 Å². The maximum atomic E-state index is 10.1. The first-order chi connectivity index (χ1) is 6.40. The van der Waals surface area contributed by atoms with Gasteiger partial charge in [-0.3, -0.25) is 4.79 Å². The van der Waals surface area contributed by atoms with Gasteiger partial charge in [0.2, 0.25) is 6.41 Å². The molecule has 3 unspecified atom stereocenters. The Morgan fingerprint density at radius 3 is 3.00 bits per heavy atom. The van der Waals surface area contributed by atoms with Gasteiger partial charge in [-0.15, -0.1) is 0 Å². The van der Waals surface area contributed by atoms with Gasteiger partial charge >= 0.3 is 0 Å². The molecule has 0 aromatic heterocycles. The van der Waals surface area contributed by atoms with Crippen LogP contribution in [0.5, 0.6) is 0 Å². The molecule has 3 atom stereocenters. The summed E-state index contributed by atoms with van der Waals surface area (Å²) in [4.78, 5) is 10.1. The second-order valence-corrected chi connectivity index (χ2v) is 4.10. The molecule has 0 spiro atoms. The Bertz CT molecular complexity index is 170. The van der Waals surface area contributed by atoms with Crippen LogP contribution in [0.1, 0.15) is 32.1 Å². The molecule has 13 heavy (non-hydrogen) atoms. The van der Waals surface area contributed by atoms with Gasteiger partial charge < -0.3 is 10.1 Å². The van der Waals surface area contributed by atoms with Gasteiger partial charge in [0.1, 0.15) is 0 Å². The summed E-state index contributed by atoms with van der Waals surface area (Å²) < 4.78 is 5.85. The SMILES string of the molecule is O=CNCC1CC2CCCCC2O1. The lowest BCUT2D eigenvalue weighted by Crippen LogP contribution is -2.26. The predicted octanol–water partition coefficient (Wildman–Crippen LogP) is 1.08. The summed E-state index contributed by atoms with van der Waals surface area (Å²) in [7, 11) is 0. The van der Waals surface area contributed by atoms with Crippen molar-refractivity contribution >= 4 is 6.41 Å². The van der Waals surface area contributed by atoms with Crippen LogP contribution in [0, 0.1) is 5.92 Å². The van der Waals surface area contributed by atoms with Crippen LogP contribution in [0.2, 0.25) is 0 Å². The highest BCUT2D eigenvalue weighted by molar-refractivity contribution is 5.45. The van der Waals surface area contributed by atoms with Crippen molar-refractivity contribution in [1.29, 1.82) is 0 Å². The van der Waals surface area contributed by atoms with E-state index >= 15 is 0 Å². The van der Waals surface area contributed by atoms with Crippen molar-refractivity contribution in [3.63, 3.8) is 0 Å². The third-order valence-corrected chi connectivity index (χ3v) is 3.20. The first-order valence-electron chi connectivity index (χ1n) is 5.22. The summed E-state index contributed by atoms with van der Waals surface area (Å²) in [5.41, 5.74) is 0. The Morgan fingerprint density at radius 1 is 1.38 bits per heavy atom. The van der Waals surface area contributed by atoms with Gasteiger partial charge in [-0.05, 0) is 25.2 Å². The van der Waals surface area contributed by atoms with Crippen LogP contribution in [0.4, 0.5) is 0 Å². The number of carbonyl (C=O) groups is 1. The lowest BCUT2D eigenvalue weighted by Gasteiger charge is -2.23. The van der Waals surface area contributed by atoms with E-state index in [1.165, 1.54) is 25.7 Å². The molecule has 1 heterocycles. The molecule has 1 amide bonds. The van der Waals surface area contributed by atoms with Crippen molar-refractivity contribution in [1.82, 2.24) is 5.32 Å². The molecule has 3 nitrogen and oxygen atoms in total. The van der Waals surface area contributed by atoms with Crippen molar-refractivity contribution < 1.29 is 9.53 Å². The number of fused-ring (bicyclic) bond motifs is 1. The third-order valence-electron chi connectivity index (χ3n) is 3.20. The van der Waals surface area contributed by atoms with Gasteiger partial charge in [-0.1, -0.05) is 12.8 Å². The van der Waals surface area contributed by atoms with Crippen molar-refractivity contribution in [2.75, 3.05) is 6.54 Å². The number of rotatable bonds is 3. The summed E-state index contributed by atoms with van der Waals surface area (Å²) in [6.07, 6.45) is 7.89. The minimum atomic E-state index is 0.276. The van der Waals surface area contributed by atoms with E-state index in [9.17, 15) is 4.79 Å². The standard InChI is InChI=1S/C10H17NO2/c12-7-11-6-9-5-8-3-1-2-4-10(8)13-9/h7-10H,1-6H2,(H,11,12). The van der Waals surface area contributed by atoms with E-state index in [-0.39, 0.29) is 6.10 Å². The molecule has 0 radical (unpaired) electrons. The fourth-order valence-electron chi connectivity index (χ4n) is 2.57. The highest BCUT2D eigenvalue weighted by atomic mass is 16.5. The van der Waals surface area contributed by atoms with Gasteiger partial charge in [0, 0.05) is 6.54 Å². The quantitative estimate of drug-likeness (QED) is 0.665. The van der Waals surface area contributed by atoms with Crippen LogP contribution in [0.25, 0.3) is 0 Å². The van der Waals surface area contributed by atoms with Gasteiger partial charge in [0.25, 0.3) is 0 Å². The fraction of sp³-hybridized carbons (Fsp3) is 0.900. The number of ether oxygens (including phenoxy) is 1. The number of carbonyl (C=O) groups excluding carboxylic acids is 1. The average molecular weight is 183 g/mol. The van der Waals surface area contributed by atoms with Crippen molar-refractivity contribution in [2.24, 2.45) is 5.92 Å². The lowest BCUT2D eigenvalue weighted by molar-refractivity contribution is -0.110. The number of hydrogen-bond donors (Lipinski definition) is 1. The van der Waals surface area contributed by atoms with E-state index in [0.717, 1.165) is 18.7 Å². The topological polar surface area (TPSA) is 38.3 Å².